The number of halogens is 2. The zero-order valence-corrected chi connectivity index (χ0v) is 18.1. The van der Waals surface area contributed by atoms with E-state index in [4.69, 9.17) is 26.8 Å². The molecule has 3 heterocycles. The number of ether oxygens (including phenoxy) is 2. The summed E-state index contributed by atoms with van der Waals surface area (Å²) in [5, 5.41) is 29.8. The SMILES string of the molecule is Nc1nc(Cl)nc2c1ncn2[C@@]1(F)CO[C@H](COC(Cc2ccccc2)(C(=O)O)C(=O)O)[C@H]1O. The molecule has 1 aliphatic rings. The summed E-state index contributed by atoms with van der Waals surface area (Å²) >= 11 is 5.80. The molecular weight excluding hydrogens is 477 g/mol. The number of nitrogens with zero attached hydrogens (tertiary/aromatic N) is 4. The number of aliphatic hydroxyl groups excluding tert-OH is 1. The van der Waals surface area contributed by atoms with E-state index in [1.165, 1.54) is 0 Å². The molecule has 1 fully saturated rings. The summed E-state index contributed by atoms with van der Waals surface area (Å²) < 4.78 is 27.4. The number of carbonyl (C=O) groups is 2. The Hall–Kier alpha value is -3.39. The molecule has 0 spiro atoms. The Morgan fingerprint density at radius 3 is 2.62 bits per heavy atom. The summed E-state index contributed by atoms with van der Waals surface area (Å²) in [6, 6.07) is 8.00. The lowest BCUT2D eigenvalue weighted by Gasteiger charge is -2.29. The highest BCUT2D eigenvalue weighted by molar-refractivity contribution is 6.28. The monoisotopic (exact) mass is 495 g/mol. The molecule has 180 valence electrons. The maximum atomic E-state index is 15.9. The molecule has 4 rings (SSSR count). The quantitative estimate of drug-likeness (QED) is 0.253. The van der Waals surface area contributed by atoms with E-state index in [1.54, 1.807) is 30.3 Å². The van der Waals surface area contributed by atoms with Crippen molar-refractivity contribution in [2.75, 3.05) is 18.9 Å². The fourth-order valence-corrected chi connectivity index (χ4v) is 3.90. The molecular formula is C20H19ClFN5O7. The van der Waals surface area contributed by atoms with Crippen LogP contribution in [0, 0.1) is 0 Å². The summed E-state index contributed by atoms with van der Waals surface area (Å²) in [6.07, 6.45) is -2.79. The van der Waals surface area contributed by atoms with Crippen LogP contribution in [0.1, 0.15) is 5.56 Å². The Morgan fingerprint density at radius 1 is 1.29 bits per heavy atom. The van der Waals surface area contributed by atoms with E-state index in [0.717, 1.165) is 10.9 Å². The van der Waals surface area contributed by atoms with Gasteiger partial charge in [0.25, 0.3) is 5.60 Å². The van der Waals surface area contributed by atoms with E-state index >= 15 is 4.39 Å². The van der Waals surface area contributed by atoms with Crippen molar-refractivity contribution in [3.8, 4) is 0 Å². The molecule has 0 aliphatic carbocycles. The van der Waals surface area contributed by atoms with Crippen molar-refractivity contribution in [1.82, 2.24) is 19.5 Å². The van der Waals surface area contributed by atoms with Gasteiger partial charge < -0.3 is 30.5 Å². The van der Waals surface area contributed by atoms with E-state index < -0.39 is 55.2 Å². The summed E-state index contributed by atoms with van der Waals surface area (Å²) in [4.78, 5) is 35.5. The number of anilines is 1. The van der Waals surface area contributed by atoms with Gasteiger partial charge in [-0.1, -0.05) is 30.3 Å². The van der Waals surface area contributed by atoms with Crippen LogP contribution < -0.4 is 5.73 Å². The fourth-order valence-electron chi connectivity index (χ4n) is 3.73. The average molecular weight is 496 g/mol. The smallest absolute Gasteiger partial charge is 0.348 e. The second kappa shape index (κ2) is 8.76. The minimum absolute atomic E-state index is 0.0481. The van der Waals surface area contributed by atoms with Gasteiger partial charge in [0.2, 0.25) is 11.1 Å². The van der Waals surface area contributed by atoms with Gasteiger partial charge in [-0.15, -0.1) is 0 Å². The van der Waals surface area contributed by atoms with Gasteiger partial charge >= 0.3 is 11.9 Å². The number of hydrogen-bond donors (Lipinski definition) is 4. The normalized spacial score (nSPS) is 22.8. The maximum Gasteiger partial charge on any atom is 0.348 e. The molecule has 34 heavy (non-hydrogen) atoms. The highest BCUT2D eigenvalue weighted by atomic mass is 35.5. The molecule has 5 N–H and O–H groups in total. The van der Waals surface area contributed by atoms with Gasteiger partial charge in [0, 0.05) is 6.42 Å². The molecule has 0 amide bonds. The van der Waals surface area contributed by atoms with E-state index in [0.29, 0.717) is 5.56 Å². The number of rotatable bonds is 8. The lowest BCUT2D eigenvalue weighted by atomic mass is 9.94. The van der Waals surface area contributed by atoms with Gasteiger partial charge in [-0.05, 0) is 17.2 Å². The molecule has 0 unspecified atom stereocenters. The number of nitrogen functional groups attached to an aromatic ring is 1. The number of benzene rings is 1. The standard InChI is InChI=1S/C20H19ClFN5O7/c21-18-25-14(23)12-15(26-18)27(9-24-12)20(22)8-33-11(13(20)28)7-34-19(16(29)30,17(31)32)6-10-4-2-1-3-5-10/h1-5,9,11,13,28H,6-8H2,(H,29,30)(H,31,32)(H2,23,25,26)/t11-,13-,20+/m1/s1. The van der Waals surface area contributed by atoms with Crippen molar-refractivity contribution in [1.29, 1.82) is 0 Å². The number of alkyl halides is 1. The van der Waals surface area contributed by atoms with Crippen molar-refractivity contribution >= 4 is 40.5 Å². The predicted octanol–water partition coefficient (Wildman–Crippen LogP) is 0.611. The van der Waals surface area contributed by atoms with Crippen LogP contribution in [0.2, 0.25) is 5.28 Å². The molecule has 0 radical (unpaired) electrons. The number of imidazole rings is 1. The Labute approximate surface area is 195 Å². The van der Waals surface area contributed by atoms with Crippen molar-refractivity contribution in [3.05, 3.63) is 47.5 Å². The summed E-state index contributed by atoms with van der Waals surface area (Å²) in [6.45, 7) is -1.43. The van der Waals surface area contributed by atoms with Crippen molar-refractivity contribution < 1.29 is 38.8 Å². The summed E-state index contributed by atoms with van der Waals surface area (Å²) in [5.74, 6) is -6.23. The first-order chi connectivity index (χ1) is 16.1. The largest absolute Gasteiger partial charge is 0.479 e. The van der Waals surface area contributed by atoms with E-state index in [1.807, 2.05) is 0 Å². The number of carboxylic acid groups (broad SMARTS) is 2. The number of hydrogen-bond acceptors (Lipinski definition) is 9. The maximum absolute atomic E-state index is 15.9. The second-order valence-electron chi connectivity index (χ2n) is 7.69. The Kier molecular flexibility index (Phi) is 6.12. The number of fused-ring (bicyclic) bond motifs is 1. The van der Waals surface area contributed by atoms with E-state index in [-0.39, 0.29) is 22.3 Å². The Morgan fingerprint density at radius 2 is 1.97 bits per heavy atom. The van der Waals surface area contributed by atoms with Gasteiger partial charge in [-0.2, -0.15) is 9.97 Å². The zero-order chi connectivity index (χ0) is 24.7. The molecule has 0 bridgehead atoms. The first kappa shape index (κ1) is 23.8. The summed E-state index contributed by atoms with van der Waals surface area (Å²) in [7, 11) is 0. The minimum atomic E-state index is -2.69. The molecule has 12 nitrogen and oxygen atoms in total. The first-order valence-corrected chi connectivity index (χ1v) is 10.3. The van der Waals surface area contributed by atoms with E-state index in [9.17, 15) is 24.9 Å². The van der Waals surface area contributed by atoms with Crippen LogP contribution >= 0.6 is 11.6 Å². The number of nitrogens with two attached hydrogens (primary N) is 1. The van der Waals surface area contributed by atoms with Gasteiger partial charge in [0.15, 0.2) is 11.5 Å². The van der Waals surface area contributed by atoms with Crippen LogP contribution in [-0.2, 0) is 31.3 Å². The van der Waals surface area contributed by atoms with Crippen LogP contribution in [0.5, 0.6) is 0 Å². The second-order valence-corrected chi connectivity index (χ2v) is 8.03. The zero-order valence-electron chi connectivity index (χ0n) is 17.3. The number of aliphatic carboxylic acids is 2. The molecule has 0 saturated carbocycles. The van der Waals surface area contributed by atoms with Gasteiger partial charge in [0.1, 0.15) is 24.3 Å². The van der Waals surface area contributed by atoms with Crippen molar-refractivity contribution in [2.45, 2.75) is 30.0 Å². The highest BCUT2D eigenvalue weighted by Crippen LogP contribution is 2.37. The lowest BCUT2D eigenvalue weighted by Crippen LogP contribution is -2.53. The fraction of sp³-hybridized carbons (Fsp3) is 0.350. The molecule has 3 aromatic rings. The van der Waals surface area contributed by atoms with Gasteiger partial charge in [0.05, 0.1) is 12.9 Å². The number of aliphatic hydroxyl groups is 1. The molecule has 3 atom stereocenters. The highest BCUT2D eigenvalue weighted by Gasteiger charge is 2.55. The number of carboxylic acids is 2. The van der Waals surface area contributed by atoms with Crippen molar-refractivity contribution in [3.63, 3.8) is 0 Å². The Bertz CT molecular complexity index is 1230. The lowest BCUT2D eigenvalue weighted by molar-refractivity contribution is -0.188. The molecule has 1 aromatic carbocycles. The molecule has 14 heteroatoms. The average Bonchev–Trinajstić information content (AvgIpc) is 3.34. The van der Waals surface area contributed by atoms with Crippen LogP contribution in [0.3, 0.4) is 0 Å². The van der Waals surface area contributed by atoms with Crippen LogP contribution in [0.4, 0.5) is 10.2 Å². The third-order valence-electron chi connectivity index (χ3n) is 5.58. The molecule has 2 aromatic heterocycles. The van der Waals surface area contributed by atoms with Crippen LogP contribution in [0.25, 0.3) is 11.2 Å². The van der Waals surface area contributed by atoms with E-state index in [2.05, 4.69) is 15.0 Å². The Balaban J connectivity index is 1.58. The third-order valence-corrected chi connectivity index (χ3v) is 5.75. The predicted molar refractivity (Wildman–Crippen MR) is 114 cm³/mol. The van der Waals surface area contributed by atoms with Crippen molar-refractivity contribution in [2.24, 2.45) is 0 Å². The van der Waals surface area contributed by atoms with Crippen LogP contribution in [0.15, 0.2) is 36.7 Å². The van der Waals surface area contributed by atoms with Gasteiger partial charge in [-0.3, -0.25) is 4.57 Å². The van der Waals surface area contributed by atoms with Gasteiger partial charge in [-0.25, -0.2) is 19.0 Å². The summed E-state index contributed by atoms with van der Waals surface area (Å²) in [5.41, 5.74) is 3.38. The minimum Gasteiger partial charge on any atom is -0.479 e. The first-order valence-electron chi connectivity index (χ1n) is 9.88. The van der Waals surface area contributed by atoms with Crippen LogP contribution in [-0.4, -0.2) is 77.8 Å². The number of aromatic nitrogens is 4. The molecule has 1 aliphatic heterocycles. The third kappa shape index (κ3) is 3.92. The topological polar surface area (TPSA) is 183 Å². The molecule has 1 saturated heterocycles.